The Labute approximate surface area is 165 Å². The third kappa shape index (κ3) is 5.27. The molecule has 1 aromatic carbocycles. The number of morpholine rings is 1. The minimum atomic E-state index is -0.250. The minimum Gasteiger partial charge on any atom is -0.379 e. The highest BCUT2D eigenvalue weighted by Crippen LogP contribution is 2.17. The third-order valence-corrected chi connectivity index (χ3v) is 5.04. The topological polar surface area (TPSA) is 87.3 Å². The summed E-state index contributed by atoms with van der Waals surface area (Å²) in [5, 5.41) is 3.12. The maximum atomic E-state index is 12.8. The number of carbonyl (C=O) groups excluding carboxylic acids is 1. The van der Waals surface area contributed by atoms with E-state index in [4.69, 9.17) is 4.74 Å². The number of ether oxygens (including phenoxy) is 1. The number of H-pyrrole nitrogens is 1. The lowest BCUT2D eigenvalue weighted by Crippen LogP contribution is -2.43. The molecule has 7 heteroatoms. The van der Waals surface area contributed by atoms with E-state index >= 15 is 0 Å². The second kappa shape index (κ2) is 9.12. The van der Waals surface area contributed by atoms with Crippen LogP contribution in [0, 0.1) is 20.8 Å². The summed E-state index contributed by atoms with van der Waals surface area (Å²) >= 11 is 0. The maximum absolute atomic E-state index is 12.8. The smallest absolute Gasteiger partial charge is 0.254 e. The molecule has 1 atom stereocenters. The fraction of sp³-hybridized carbons (Fsp3) is 0.476. The van der Waals surface area contributed by atoms with Gasteiger partial charge in [-0.25, -0.2) is 4.98 Å². The van der Waals surface area contributed by atoms with Crippen LogP contribution in [-0.2, 0) is 16.0 Å². The van der Waals surface area contributed by atoms with Crippen molar-refractivity contribution in [3.8, 4) is 0 Å². The fourth-order valence-electron chi connectivity index (χ4n) is 3.44. The average molecular weight is 384 g/mol. The van der Waals surface area contributed by atoms with E-state index < -0.39 is 0 Å². The number of aromatic nitrogens is 2. The van der Waals surface area contributed by atoms with Crippen molar-refractivity contribution >= 4 is 5.91 Å². The Kier molecular flexibility index (Phi) is 6.59. The van der Waals surface area contributed by atoms with Gasteiger partial charge in [-0.2, -0.15) is 0 Å². The molecule has 1 unspecified atom stereocenters. The number of rotatable bonds is 6. The fourth-order valence-corrected chi connectivity index (χ4v) is 3.44. The van der Waals surface area contributed by atoms with Gasteiger partial charge < -0.3 is 15.0 Å². The Bertz CT molecular complexity index is 870. The van der Waals surface area contributed by atoms with Crippen LogP contribution < -0.4 is 10.9 Å². The summed E-state index contributed by atoms with van der Waals surface area (Å²) in [5.74, 6) is 0.370. The number of nitrogens with one attached hydrogen (secondary N) is 2. The number of nitrogens with zero attached hydrogens (tertiary/aromatic N) is 2. The molecule has 0 bridgehead atoms. The monoisotopic (exact) mass is 384 g/mol. The molecule has 0 saturated carbocycles. The molecule has 2 N–H and O–H groups in total. The van der Waals surface area contributed by atoms with Crippen molar-refractivity contribution in [3.63, 3.8) is 0 Å². The molecule has 2 heterocycles. The van der Waals surface area contributed by atoms with Crippen LogP contribution in [0.15, 0.2) is 29.1 Å². The van der Waals surface area contributed by atoms with Crippen molar-refractivity contribution in [2.75, 3.05) is 32.8 Å². The molecular weight excluding hydrogens is 356 g/mol. The zero-order valence-electron chi connectivity index (χ0n) is 16.7. The van der Waals surface area contributed by atoms with Gasteiger partial charge in [0.1, 0.15) is 5.82 Å². The van der Waals surface area contributed by atoms with E-state index in [0.29, 0.717) is 36.8 Å². The number of hydrogen-bond donors (Lipinski definition) is 2. The number of hydrogen-bond acceptors (Lipinski definition) is 5. The second-order valence-corrected chi connectivity index (χ2v) is 7.34. The Balaban J connectivity index is 1.75. The molecule has 7 nitrogen and oxygen atoms in total. The van der Waals surface area contributed by atoms with Crippen molar-refractivity contribution in [1.29, 1.82) is 0 Å². The zero-order chi connectivity index (χ0) is 20.1. The summed E-state index contributed by atoms with van der Waals surface area (Å²) in [5.41, 5.74) is 2.99. The van der Waals surface area contributed by atoms with Crippen LogP contribution in [0.25, 0.3) is 0 Å². The molecule has 2 aromatic rings. The number of aromatic amines is 1. The van der Waals surface area contributed by atoms with E-state index in [1.54, 1.807) is 13.8 Å². The van der Waals surface area contributed by atoms with Crippen molar-refractivity contribution in [1.82, 2.24) is 20.2 Å². The first-order valence-electron chi connectivity index (χ1n) is 9.65. The van der Waals surface area contributed by atoms with Crippen molar-refractivity contribution in [2.45, 2.75) is 33.2 Å². The summed E-state index contributed by atoms with van der Waals surface area (Å²) in [7, 11) is 0. The first-order chi connectivity index (χ1) is 13.4. The first-order valence-corrected chi connectivity index (χ1v) is 9.65. The predicted octanol–water partition coefficient (Wildman–Crippen LogP) is 1.43. The predicted molar refractivity (Wildman–Crippen MR) is 107 cm³/mol. The third-order valence-electron chi connectivity index (χ3n) is 5.04. The van der Waals surface area contributed by atoms with Crippen molar-refractivity contribution in [2.24, 2.45) is 0 Å². The molecule has 0 radical (unpaired) electrons. The summed E-state index contributed by atoms with van der Waals surface area (Å²) in [6.07, 6.45) is 0.0138. The van der Waals surface area contributed by atoms with Crippen LogP contribution in [0.5, 0.6) is 0 Å². The molecule has 1 saturated heterocycles. The molecule has 1 aromatic heterocycles. The van der Waals surface area contributed by atoms with E-state index in [-0.39, 0.29) is 23.9 Å². The van der Waals surface area contributed by atoms with E-state index in [1.807, 2.05) is 31.2 Å². The van der Waals surface area contributed by atoms with Crippen LogP contribution in [0.2, 0.25) is 0 Å². The Morgan fingerprint density at radius 2 is 1.89 bits per heavy atom. The van der Waals surface area contributed by atoms with Gasteiger partial charge in [-0.3, -0.25) is 14.5 Å². The average Bonchev–Trinajstić information content (AvgIpc) is 2.65. The molecule has 150 valence electrons. The van der Waals surface area contributed by atoms with Crippen LogP contribution in [0.1, 0.15) is 34.3 Å². The lowest BCUT2D eigenvalue weighted by atomic mass is 10.0. The highest BCUT2D eigenvalue weighted by atomic mass is 16.5. The van der Waals surface area contributed by atoms with Gasteiger partial charge in [0.25, 0.3) is 5.56 Å². The van der Waals surface area contributed by atoms with E-state index in [2.05, 4.69) is 20.2 Å². The number of amides is 1. The van der Waals surface area contributed by atoms with Gasteiger partial charge >= 0.3 is 0 Å². The molecule has 1 aliphatic rings. The quantitative estimate of drug-likeness (QED) is 0.787. The molecule has 0 aliphatic carbocycles. The number of carbonyl (C=O) groups is 1. The van der Waals surface area contributed by atoms with E-state index in [0.717, 1.165) is 18.7 Å². The molecule has 1 aliphatic heterocycles. The summed E-state index contributed by atoms with van der Waals surface area (Å²) in [4.78, 5) is 34.2. The maximum Gasteiger partial charge on any atom is 0.254 e. The van der Waals surface area contributed by atoms with Gasteiger partial charge in [0.05, 0.1) is 25.7 Å². The normalized spacial score (nSPS) is 16.0. The van der Waals surface area contributed by atoms with Gasteiger partial charge in [-0.1, -0.05) is 29.8 Å². The number of aryl methyl sites for hydroxylation is 3. The van der Waals surface area contributed by atoms with Crippen LogP contribution in [0.3, 0.4) is 0 Å². The van der Waals surface area contributed by atoms with Crippen LogP contribution >= 0.6 is 0 Å². The van der Waals surface area contributed by atoms with E-state index in [1.165, 1.54) is 5.56 Å². The summed E-state index contributed by atoms with van der Waals surface area (Å²) in [6.45, 7) is 9.34. The molecule has 1 amide bonds. The highest BCUT2D eigenvalue weighted by Gasteiger charge is 2.21. The number of benzene rings is 1. The Hall–Kier alpha value is -2.51. The molecule has 1 fully saturated rings. The highest BCUT2D eigenvalue weighted by molar-refractivity contribution is 5.79. The van der Waals surface area contributed by atoms with Gasteiger partial charge in [0.2, 0.25) is 5.91 Å². The lowest BCUT2D eigenvalue weighted by Gasteiger charge is -2.31. The molecule has 3 rings (SSSR count). The standard InChI is InChI=1S/C21H28N4O3/c1-14-4-6-17(7-5-14)19(13-25-8-10-28-11-9-25)24-20(26)12-18-15(2)22-16(3)23-21(18)27/h4-7,19H,8-13H2,1-3H3,(H,24,26)(H,22,23,27). The van der Waals surface area contributed by atoms with Gasteiger partial charge in [-0.05, 0) is 26.3 Å². The Morgan fingerprint density at radius 1 is 1.21 bits per heavy atom. The molecule has 0 spiro atoms. The minimum absolute atomic E-state index is 0.0138. The zero-order valence-corrected chi connectivity index (χ0v) is 16.7. The molecular formula is C21H28N4O3. The van der Waals surface area contributed by atoms with Crippen molar-refractivity contribution < 1.29 is 9.53 Å². The van der Waals surface area contributed by atoms with Crippen LogP contribution in [0.4, 0.5) is 0 Å². The largest absolute Gasteiger partial charge is 0.379 e. The Morgan fingerprint density at radius 3 is 2.54 bits per heavy atom. The molecule has 28 heavy (non-hydrogen) atoms. The SMILES string of the molecule is Cc1ccc(C(CN2CCOCC2)NC(=O)Cc2c(C)nc(C)[nH]c2=O)cc1. The van der Waals surface area contributed by atoms with Gasteiger partial charge in [-0.15, -0.1) is 0 Å². The lowest BCUT2D eigenvalue weighted by molar-refractivity contribution is -0.121. The van der Waals surface area contributed by atoms with Crippen molar-refractivity contribution in [3.05, 3.63) is 62.8 Å². The van der Waals surface area contributed by atoms with Crippen LogP contribution in [-0.4, -0.2) is 53.6 Å². The van der Waals surface area contributed by atoms with Gasteiger partial charge in [0.15, 0.2) is 0 Å². The summed E-state index contributed by atoms with van der Waals surface area (Å²) < 4.78 is 5.42. The van der Waals surface area contributed by atoms with E-state index in [9.17, 15) is 9.59 Å². The summed E-state index contributed by atoms with van der Waals surface area (Å²) in [6, 6.07) is 8.04. The van der Waals surface area contributed by atoms with Gasteiger partial charge in [0, 0.05) is 30.9 Å². The first kappa shape index (κ1) is 20.2. The second-order valence-electron chi connectivity index (χ2n) is 7.34.